The van der Waals surface area contributed by atoms with E-state index in [9.17, 15) is 18.4 Å². The molecular weight excluding hydrogens is 743 g/mol. The van der Waals surface area contributed by atoms with Crippen LogP contribution in [-0.2, 0) is 17.8 Å². The molecule has 0 bridgehead atoms. The first-order chi connectivity index (χ1) is 28.1. The van der Waals surface area contributed by atoms with E-state index in [0.717, 1.165) is 62.7 Å². The number of aromatic nitrogens is 3. The highest BCUT2D eigenvalue weighted by atomic mass is 19.1. The van der Waals surface area contributed by atoms with Crippen LogP contribution in [0.15, 0.2) is 79.3 Å². The Morgan fingerprint density at radius 3 is 2.34 bits per heavy atom. The first kappa shape index (κ1) is 39.5. The molecule has 1 aliphatic carbocycles. The van der Waals surface area contributed by atoms with Gasteiger partial charge >= 0.3 is 0 Å². The number of carbonyl (C=O) groups excluding carboxylic acids is 2. The first-order valence-corrected chi connectivity index (χ1v) is 20.2. The van der Waals surface area contributed by atoms with E-state index in [0.29, 0.717) is 62.4 Å². The summed E-state index contributed by atoms with van der Waals surface area (Å²) in [6, 6.07) is 19.0. The molecule has 2 aliphatic heterocycles. The van der Waals surface area contributed by atoms with E-state index in [4.69, 9.17) is 9.47 Å². The number of rotatable bonds is 11. The highest BCUT2D eigenvalue weighted by Crippen LogP contribution is 2.32. The van der Waals surface area contributed by atoms with Crippen LogP contribution in [0.2, 0.25) is 0 Å². The molecule has 58 heavy (non-hydrogen) atoms. The van der Waals surface area contributed by atoms with Gasteiger partial charge < -0.3 is 29.8 Å². The number of fused-ring (bicyclic) bond motifs is 1. The fourth-order valence-corrected chi connectivity index (χ4v) is 8.47. The molecule has 8 rings (SSSR count). The molecule has 3 aromatic heterocycles. The molecule has 0 radical (unpaired) electrons. The molecule has 3 aliphatic rings. The predicted molar refractivity (Wildman–Crippen MR) is 216 cm³/mol. The zero-order valence-electron chi connectivity index (χ0n) is 32.9. The monoisotopic (exact) mass is 792 g/mol. The van der Waals surface area contributed by atoms with Crippen LogP contribution in [0, 0.1) is 11.6 Å². The number of halogens is 2. The van der Waals surface area contributed by atoms with Gasteiger partial charge in [-0.25, -0.2) is 18.7 Å². The number of piperazine rings is 1. The third kappa shape index (κ3) is 9.70. The zero-order valence-corrected chi connectivity index (χ0v) is 32.9. The van der Waals surface area contributed by atoms with Crippen LogP contribution in [-0.4, -0.2) is 99.5 Å². The van der Waals surface area contributed by atoms with E-state index in [1.807, 2.05) is 18.2 Å². The fraction of sp³-hybridized carbons (Fsp3) is 0.409. The van der Waals surface area contributed by atoms with Crippen molar-refractivity contribution in [3.8, 4) is 22.8 Å². The highest BCUT2D eigenvalue weighted by molar-refractivity contribution is 5.96. The Morgan fingerprint density at radius 1 is 0.845 bits per heavy atom. The smallest absolute Gasteiger partial charge is 0.271 e. The number of carbonyl (C=O) groups is 2. The Kier molecular flexibility index (Phi) is 12.1. The molecule has 304 valence electrons. The molecule has 5 aromatic rings. The summed E-state index contributed by atoms with van der Waals surface area (Å²) < 4.78 is 41.5. The number of hydrogen-bond acceptors (Lipinski definition) is 9. The molecule has 0 unspecified atom stereocenters. The first-order valence-electron chi connectivity index (χ1n) is 20.2. The molecule has 2 aromatic carbocycles. The molecule has 3 fully saturated rings. The number of imidazole rings is 1. The molecule has 2 atom stereocenters. The number of hydrogen-bond donors (Lipinski definition) is 3. The number of nitrogens with zero attached hydrogens (tertiary/aromatic N) is 5. The number of benzene rings is 2. The normalized spacial score (nSPS) is 21.8. The lowest BCUT2D eigenvalue weighted by molar-refractivity contribution is 0.0342. The third-order valence-corrected chi connectivity index (χ3v) is 11.2. The van der Waals surface area contributed by atoms with Gasteiger partial charge in [0.15, 0.2) is 0 Å². The fourth-order valence-electron chi connectivity index (χ4n) is 8.47. The van der Waals surface area contributed by atoms with Crippen molar-refractivity contribution in [2.24, 2.45) is 0 Å². The van der Waals surface area contributed by atoms with Crippen molar-refractivity contribution >= 4 is 17.5 Å². The minimum atomic E-state index is -0.648. The average molecular weight is 793 g/mol. The zero-order chi connectivity index (χ0) is 40.2. The summed E-state index contributed by atoms with van der Waals surface area (Å²) in [7, 11) is 0. The van der Waals surface area contributed by atoms with E-state index in [2.05, 4.69) is 67.8 Å². The lowest BCUT2D eigenvalue weighted by Crippen LogP contribution is -2.53. The summed E-state index contributed by atoms with van der Waals surface area (Å²) in [6.45, 7) is 11.3. The van der Waals surface area contributed by atoms with Crippen LogP contribution >= 0.6 is 0 Å². The topological polar surface area (TPSA) is 125 Å². The molecule has 5 heterocycles. The molecule has 3 N–H and O–H groups in total. The van der Waals surface area contributed by atoms with E-state index in [1.54, 1.807) is 6.07 Å². The van der Waals surface area contributed by atoms with Crippen LogP contribution in [0.1, 0.15) is 71.5 Å². The Hall–Kier alpha value is -5.28. The molecule has 2 saturated heterocycles. The van der Waals surface area contributed by atoms with E-state index in [-0.39, 0.29) is 35.1 Å². The summed E-state index contributed by atoms with van der Waals surface area (Å²) in [5.74, 6) is -1.41. The summed E-state index contributed by atoms with van der Waals surface area (Å²) in [4.78, 5) is 40.0. The Labute approximate surface area is 336 Å². The molecular formula is C44H50F2N8O4. The lowest BCUT2D eigenvalue weighted by atomic mass is 9.91. The maximum Gasteiger partial charge on any atom is 0.271 e. The van der Waals surface area contributed by atoms with Crippen LogP contribution < -0.4 is 20.7 Å². The molecule has 0 spiro atoms. The van der Waals surface area contributed by atoms with Crippen molar-refractivity contribution < 1.29 is 27.8 Å². The highest BCUT2D eigenvalue weighted by Gasteiger charge is 2.27. The second-order valence-corrected chi connectivity index (χ2v) is 15.9. The van der Waals surface area contributed by atoms with Gasteiger partial charge in [0.2, 0.25) is 5.88 Å². The van der Waals surface area contributed by atoms with Crippen LogP contribution in [0.5, 0.6) is 11.6 Å². The second-order valence-electron chi connectivity index (χ2n) is 15.9. The largest absolute Gasteiger partial charge is 0.438 e. The summed E-state index contributed by atoms with van der Waals surface area (Å²) in [5.41, 5.74) is 5.22. The van der Waals surface area contributed by atoms with Gasteiger partial charge in [-0.3, -0.25) is 19.4 Å². The lowest BCUT2D eigenvalue weighted by Gasteiger charge is -2.36. The molecule has 1 saturated carbocycles. The standard InChI is InChI=1S/C44H50F2N8O4/c1-28-22-53(23-29(2)48-28)24-30-6-12-38(32(18-30)25-52-14-16-57-17-15-52)31-4-3-5-37(19-31)58-44-39(20-34(46)21-47-44)42(55)49-35-8-10-36(11-9-35)50-43(56)40-27-54-26-33(45)7-13-41(54)51-40/h3-7,12-13,18-21,26-29,35-36,48H,8-11,14-17,22-25H2,1-2H3,(H,49,55)(H,50,56)/t28-,29+,35-,36-. The van der Waals surface area contributed by atoms with Gasteiger partial charge in [0.05, 0.1) is 19.4 Å². The van der Waals surface area contributed by atoms with Crippen LogP contribution in [0.25, 0.3) is 16.8 Å². The Balaban J connectivity index is 0.931. The minimum Gasteiger partial charge on any atom is -0.438 e. The molecule has 2 amide bonds. The quantitative estimate of drug-likeness (QED) is 0.149. The Morgan fingerprint density at radius 2 is 1.59 bits per heavy atom. The van der Waals surface area contributed by atoms with E-state index in [1.165, 1.54) is 40.1 Å². The molecule has 14 heteroatoms. The summed E-state index contributed by atoms with van der Waals surface area (Å²) in [5, 5.41) is 9.66. The van der Waals surface area contributed by atoms with Crippen LogP contribution in [0.3, 0.4) is 0 Å². The number of pyridine rings is 2. The van der Waals surface area contributed by atoms with E-state index >= 15 is 0 Å². The molecule has 12 nitrogen and oxygen atoms in total. The van der Waals surface area contributed by atoms with Gasteiger partial charge in [0, 0.05) is 75.8 Å². The number of ether oxygens (including phenoxy) is 2. The number of nitrogens with one attached hydrogen (secondary N) is 3. The van der Waals surface area contributed by atoms with E-state index < -0.39 is 17.5 Å². The van der Waals surface area contributed by atoms with Crippen LogP contribution in [0.4, 0.5) is 8.78 Å². The van der Waals surface area contributed by atoms with Crippen molar-refractivity contribution in [2.75, 3.05) is 39.4 Å². The average Bonchev–Trinajstić information content (AvgIpc) is 3.63. The summed E-state index contributed by atoms with van der Waals surface area (Å²) in [6.07, 6.45) is 6.27. The third-order valence-electron chi connectivity index (χ3n) is 11.2. The van der Waals surface area contributed by atoms with Gasteiger partial charge in [-0.05, 0) is 92.1 Å². The van der Waals surface area contributed by atoms with Crippen molar-refractivity contribution in [3.63, 3.8) is 0 Å². The second kappa shape index (κ2) is 17.7. The maximum atomic E-state index is 14.6. The number of morpholine rings is 1. The van der Waals surface area contributed by atoms with Gasteiger partial charge in [-0.15, -0.1) is 0 Å². The van der Waals surface area contributed by atoms with Gasteiger partial charge in [-0.2, -0.15) is 0 Å². The van der Waals surface area contributed by atoms with Gasteiger partial charge in [-0.1, -0.05) is 30.3 Å². The van der Waals surface area contributed by atoms with Crippen molar-refractivity contribution in [3.05, 3.63) is 113 Å². The number of amides is 2. The van der Waals surface area contributed by atoms with Gasteiger partial charge in [0.25, 0.3) is 11.8 Å². The van der Waals surface area contributed by atoms with Gasteiger partial charge in [0.1, 0.15) is 34.3 Å². The van der Waals surface area contributed by atoms with Crippen molar-refractivity contribution in [2.45, 2.75) is 76.8 Å². The minimum absolute atomic E-state index is 0.00183. The predicted octanol–water partition coefficient (Wildman–Crippen LogP) is 5.95. The SMILES string of the molecule is C[C@@H]1CN(Cc2ccc(-c3cccc(Oc4ncc(F)cc4C(=O)N[C@H]4CC[C@H](NC(=O)c5cn6cc(F)ccc6n5)CC4)c3)c(CN3CCOCC3)c2)C[C@H](C)N1. The maximum absolute atomic E-state index is 14.6. The van der Waals surface area contributed by atoms with Crippen molar-refractivity contribution in [1.82, 2.24) is 40.1 Å². The van der Waals surface area contributed by atoms with Crippen molar-refractivity contribution in [1.29, 1.82) is 0 Å². The summed E-state index contributed by atoms with van der Waals surface area (Å²) >= 11 is 0. The Bertz CT molecular complexity index is 2240.